The van der Waals surface area contributed by atoms with Crippen molar-refractivity contribution in [3.63, 3.8) is 0 Å². The van der Waals surface area contributed by atoms with Gasteiger partial charge < -0.3 is 19.9 Å². The zero-order chi connectivity index (χ0) is 18.2. The SMILES string of the molecule is O=C(CCNC(=O)N1CCC(Cc2cccnc2)CC1)N1CCOCC1. The zero-order valence-corrected chi connectivity index (χ0v) is 15.2. The molecule has 0 atom stereocenters. The maximum Gasteiger partial charge on any atom is 0.317 e. The summed E-state index contributed by atoms with van der Waals surface area (Å²) in [6.45, 7) is 4.44. The van der Waals surface area contributed by atoms with Gasteiger partial charge >= 0.3 is 6.03 Å². The van der Waals surface area contributed by atoms with Crippen LogP contribution in [0, 0.1) is 5.92 Å². The number of rotatable bonds is 5. The lowest BCUT2D eigenvalue weighted by Crippen LogP contribution is -2.46. The second kappa shape index (κ2) is 9.52. The third-order valence-corrected chi connectivity index (χ3v) is 5.13. The number of likely N-dealkylation sites (tertiary alicyclic amines) is 1. The van der Waals surface area contributed by atoms with Gasteiger partial charge in [0.1, 0.15) is 0 Å². The first-order valence-corrected chi connectivity index (χ1v) is 9.49. The van der Waals surface area contributed by atoms with Gasteiger partial charge in [-0.05, 0) is 36.8 Å². The van der Waals surface area contributed by atoms with E-state index in [0.717, 1.165) is 32.4 Å². The lowest BCUT2D eigenvalue weighted by molar-refractivity contribution is -0.135. The van der Waals surface area contributed by atoms with Crippen molar-refractivity contribution in [1.29, 1.82) is 0 Å². The van der Waals surface area contributed by atoms with E-state index in [4.69, 9.17) is 4.74 Å². The summed E-state index contributed by atoms with van der Waals surface area (Å²) >= 11 is 0. The van der Waals surface area contributed by atoms with Crippen LogP contribution in [0.25, 0.3) is 0 Å². The fraction of sp³-hybridized carbons (Fsp3) is 0.632. The molecule has 0 saturated carbocycles. The Morgan fingerprint density at radius 2 is 1.92 bits per heavy atom. The molecule has 7 heteroatoms. The number of aromatic nitrogens is 1. The fourth-order valence-corrected chi connectivity index (χ4v) is 3.55. The van der Waals surface area contributed by atoms with Gasteiger partial charge in [-0.25, -0.2) is 4.79 Å². The molecule has 1 N–H and O–H groups in total. The first kappa shape index (κ1) is 18.6. The van der Waals surface area contributed by atoms with Crippen molar-refractivity contribution >= 4 is 11.9 Å². The van der Waals surface area contributed by atoms with Crippen LogP contribution in [0.1, 0.15) is 24.8 Å². The van der Waals surface area contributed by atoms with E-state index < -0.39 is 0 Å². The van der Waals surface area contributed by atoms with Crippen LogP contribution in [-0.4, -0.2) is 72.7 Å². The third kappa shape index (κ3) is 5.42. The molecule has 7 nitrogen and oxygen atoms in total. The second-order valence-corrected chi connectivity index (χ2v) is 6.97. The van der Waals surface area contributed by atoms with Crippen LogP contribution in [0.2, 0.25) is 0 Å². The molecular formula is C19H28N4O3. The largest absolute Gasteiger partial charge is 0.378 e. The quantitative estimate of drug-likeness (QED) is 0.859. The Labute approximate surface area is 154 Å². The molecule has 3 heterocycles. The van der Waals surface area contributed by atoms with E-state index in [1.165, 1.54) is 5.56 Å². The zero-order valence-electron chi connectivity index (χ0n) is 15.2. The van der Waals surface area contributed by atoms with Crippen LogP contribution in [0.5, 0.6) is 0 Å². The average molecular weight is 360 g/mol. The number of nitrogens with zero attached hydrogens (tertiary/aromatic N) is 3. The summed E-state index contributed by atoms with van der Waals surface area (Å²) in [6, 6.07) is 4.02. The minimum absolute atomic E-state index is 0.0559. The smallest absolute Gasteiger partial charge is 0.317 e. The highest BCUT2D eigenvalue weighted by Crippen LogP contribution is 2.21. The van der Waals surface area contributed by atoms with Gasteiger partial charge in [0, 0.05) is 51.5 Å². The van der Waals surface area contributed by atoms with E-state index in [2.05, 4.69) is 16.4 Å². The number of morpholine rings is 1. The van der Waals surface area contributed by atoms with Crippen LogP contribution < -0.4 is 5.32 Å². The molecule has 3 amide bonds. The highest BCUT2D eigenvalue weighted by Gasteiger charge is 2.23. The molecule has 0 aliphatic carbocycles. The van der Waals surface area contributed by atoms with E-state index in [1.807, 2.05) is 17.2 Å². The Bertz CT molecular complexity index is 582. The Kier molecular flexibility index (Phi) is 6.82. The number of nitrogens with one attached hydrogen (secondary N) is 1. The number of hydrogen-bond donors (Lipinski definition) is 1. The number of carbonyl (C=O) groups excluding carboxylic acids is 2. The Morgan fingerprint density at radius 1 is 1.15 bits per heavy atom. The van der Waals surface area contributed by atoms with Gasteiger partial charge in [-0.15, -0.1) is 0 Å². The summed E-state index contributed by atoms with van der Waals surface area (Å²) in [5.74, 6) is 0.690. The number of urea groups is 1. The molecule has 142 valence electrons. The number of piperidine rings is 1. The average Bonchev–Trinajstić information content (AvgIpc) is 2.70. The summed E-state index contributed by atoms with van der Waals surface area (Å²) in [4.78, 5) is 32.2. The van der Waals surface area contributed by atoms with Crippen molar-refractivity contribution in [2.24, 2.45) is 5.92 Å². The predicted molar refractivity (Wildman–Crippen MR) is 97.7 cm³/mol. The Morgan fingerprint density at radius 3 is 2.62 bits per heavy atom. The number of amides is 3. The van der Waals surface area contributed by atoms with E-state index in [0.29, 0.717) is 45.2 Å². The summed E-state index contributed by atoms with van der Waals surface area (Å²) in [7, 11) is 0. The van der Waals surface area contributed by atoms with Gasteiger partial charge in [0.25, 0.3) is 0 Å². The Hall–Kier alpha value is -2.15. The molecule has 2 aliphatic heterocycles. The maximum atomic E-state index is 12.3. The molecule has 1 aromatic heterocycles. The van der Waals surface area contributed by atoms with Crippen LogP contribution in [0.15, 0.2) is 24.5 Å². The normalized spacial score (nSPS) is 18.6. The van der Waals surface area contributed by atoms with Gasteiger partial charge in [0.15, 0.2) is 0 Å². The molecule has 26 heavy (non-hydrogen) atoms. The number of pyridine rings is 1. The second-order valence-electron chi connectivity index (χ2n) is 6.97. The van der Waals surface area contributed by atoms with Gasteiger partial charge in [-0.2, -0.15) is 0 Å². The van der Waals surface area contributed by atoms with Crippen molar-refractivity contribution in [2.75, 3.05) is 45.9 Å². The minimum Gasteiger partial charge on any atom is -0.378 e. The Balaban J connectivity index is 1.32. The van der Waals surface area contributed by atoms with Gasteiger partial charge in [-0.3, -0.25) is 9.78 Å². The topological polar surface area (TPSA) is 74.8 Å². The molecule has 3 rings (SSSR count). The maximum absolute atomic E-state index is 12.3. The van der Waals surface area contributed by atoms with Gasteiger partial charge in [0.2, 0.25) is 5.91 Å². The van der Waals surface area contributed by atoms with Crippen molar-refractivity contribution < 1.29 is 14.3 Å². The monoisotopic (exact) mass is 360 g/mol. The molecule has 0 unspecified atom stereocenters. The highest BCUT2D eigenvalue weighted by molar-refractivity contribution is 5.78. The first-order chi connectivity index (χ1) is 12.7. The van der Waals surface area contributed by atoms with Crippen molar-refractivity contribution in [2.45, 2.75) is 25.7 Å². The predicted octanol–water partition coefficient (Wildman–Crippen LogP) is 1.29. The van der Waals surface area contributed by atoms with E-state index in [1.54, 1.807) is 11.1 Å². The summed E-state index contributed by atoms with van der Waals surface area (Å²) in [5, 5.41) is 2.89. The highest BCUT2D eigenvalue weighted by atomic mass is 16.5. The fourth-order valence-electron chi connectivity index (χ4n) is 3.55. The van der Waals surface area contributed by atoms with Crippen LogP contribution in [0.4, 0.5) is 4.79 Å². The summed E-state index contributed by atoms with van der Waals surface area (Å²) < 4.78 is 5.24. The van der Waals surface area contributed by atoms with Crippen LogP contribution >= 0.6 is 0 Å². The molecule has 2 saturated heterocycles. The molecule has 0 spiro atoms. The molecule has 2 fully saturated rings. The number of ether oxygens (including phenoxy) is 1. The molecule has 1 aromatic rings. The minimum atomic E-state index is -0.0559. The van der Waals surface area contributed by atoms with Crippen LogP contribution in [-0.2, 0) is 16.0 Å². The van der Waals surface area contributed by atoms with E-state index >= 15 is 0 Å². The molecular weight excluding hydrogens is 332 g/mol. The lowest BCUT2D eigenvalue weighted by Gasteiger charge is -2.32. The van der Waals surface area contributed by atoms with Crippen molar-refractivity contribution in [3.05, 3.63) is 30.1 Å². The molecule has 0 radical (unpaired) electrons. The summed E-state index contributed by atoms with van der Waals surface area (Å²) in [5.41, 5.74) is 1.26. The standard InChI is InChI=1S/C19H28N4O3/c24-18(22-10-12-26-13-11-22)3-7-21-19(25)23-8-4-16(5-9-23)14-17-2-1-6-20-15-17/h1-2,6,15-16H,3-5,7-14H2,(H,21,25). The van der Waals surface area contributed by atoms with E-state index in [-0.39, 0.29) is 11.9 Å². The first-order valence-electron chi connectivity index (χ1n) is 9.49. The van der Waals surface area contributed by atoms with Gasteiger partial charge in [-0.1, -0.05) is 6.07 Å². The van der Waals surface area contributed by atoms with Crippen LogP contribution in [0.3, 0.4) is 0 Å². The van der Waals surface area contributed by atoms with E-state index in [9.17, 15) is 9.59 Å². The van der Waals surface area contributed by atoms with Gasteiger partial charge in [0.05, 0.1) is 13.2 Å². The third-order valence-electron chi connectivity index (χ3n) is 5.13. The van der Waals surface area contributed by atoms with Crippen molar-refractivity contribution in [3.8, 4) is 0 Å². The van der Waals surface area contributed by atoms with Crippen molar-refractivity contribution in [1.82, 2.24) is 20.1 Å². The molecule has 2 aliphatic rings. The molecule has 0 bridgehead atoms. The summed E-state index contributed by atoms with van der Waals surface area (Å²) in [6.07, 6.45) is 7.11. The molecule has 0 aromatic carbocycles. The lowest BCUT2D eigenvalue weighted by atomic mass is 9.91. The number of carbonyl (C=O) groups is 2. The number of hydrogen-bond acceptors (Lipinski definition) is 4.